The molecule has 1 aliphatic rings. The molecule has 1 saturated carbocycles. The number of aliphatic hydroxyl groups excluding tert-OH is 1. The van der Waals surface area contributed by atoms with Gasteiger partial charge in [-0.05, 0) is 31.2 Å². The fraction of sp³-hybridized carbons (Fsp3) is 0.533. The number of rotatable bonds is 4. The van der Waals surface area contributed by atoms with E-state index in [1.165, 1.54) is 6.42 Å². The maximum absolute atomic E-state index is 11.9. The molecule has 0 aromatic heterocycles. The van der Waals surface area contributed by atoms with Crippen LogP contribution in [0.5, 0.6) is 0 Å². The lowest BCUT2D eigenvalue weighted by atomic mass is 9.97. The van der Waals surface area contributed by atoms with Gasteiger partial charge in [-0.25, -0.2) is 4.79 Å². The summed E-state index contributed by atoms with van der Waals surface area (Å²) in [5.74, 6) is -0.608. The molecule has 2 rings (SSSR count). The van der Waals surface area contributed by atoms with E-state index in [4.69, 9.17) is 10.5 Å². The molecule has 1 aromatic rings. The van der Waals surface area contributed by atoms with Crippen molar-refractivity contribution in [2.45, 2.75) is 50.4 Å². The van der Waals surface area contributed by atoms with E-state index < -0.39 is 18.1 Å². The highest BCUT2D eigenvalue weighted by Gasteiger charge is 2.28. The van der Waals surface area contributed by atoms with Gasteiger partial charge in [-0.2, -0.15) is 0 Å². The van der Waals surface area contributed by atoms with Crippen LogP contribution < -0.4 is 5.73 Å². The molecular weight excluding hydrogens is 242 g/mol. The van der Waals surface area contributed by atoms with Crippen LogP contribution in [0.3, 0.4) is 0 Å². The summed E-state index contributed by atoms with van der Waals surface area (Å²) in [5.41, 5.74) is 6.63. The normalized spacial score (nSPS) is 19.7. The average Bonchev–Trinajstić information content (AvgIpc) is 2.47. The number of carbonyl (C=O) groups is 1. The van der Waals surface area contributed by atoms with Crippen molar-refractivity contribution in [1.29, 1.82) is 0 Å². The number of aliphatic hydroxyl groups is 1. The van der Waals surface area contributed by atoms with E-state index in [-0.39, 0.29) is 6.10 Å². The van der Waals surface area contributed by atoms with Crippen LogP contribution in [0.4, 0.5) is 0 Å². The van der Waals surface area contributed by atoms with E-state index in [0.717, 1.165) is 31.2 Å². The molecule has 0 bridgehead atoms. The Balaban J connectivity index is 1.91. The molecule has 0 heterocycles. The Kier molecular flexibility index (Phi) is 4.93. The van der Waals surface area contributed by atoms with Gasteiger partial charge in [0.25, 0.3) is 0 Å². The lowest BCUT2D eigenvalue weighted by Crippen LogP contribution is -2.37. The van der Waals surface area contributed by atoms with Crippen LogP contribution in [0, 0.1) is 0 Å². The Morgan fingerprint density at radius 3 is 2.47 bits per heavy atom. The summed E-state index contributed by atoms with van der Waals surface area (Å²) in [7, 11) is 0. The highest BCUT2D eigenvalue weighted by molar-refractivity contribution is 5.75. The van der Waals surface area contributed by atoms with Gasteiger partial charge in [0, 0.05) is 0 Å². The predicted molar refractivity (Wildman–Crippen MR) is 72.3 cm³/mol. The second kappa shape index (κ2) is 6.68. The highest BCUT2D eigenvalue weighted by Crippen LogP contribution is 2.22. The summed E-state index contributed by atoms with van der Waals surface area (Å²) in [6.45, 7) is 0. The fourth-order valence-corrected chi connectivity index (χ4v) is 2.42. The van der Waals surface area contributed by atoms with Gasteiger partial charge in [-0.3, -0.25) is 0 Å². The van der Waals surface area contributed by atoms with Crippen LogP contribution in [0.1, 0.15) is 43.7 Å². The maximum atomic E-state index is 11.9. The SMILES string of the molecule is N[C@@H](c1ccccc1)[C@@H](O)C(=O)OC1CCCCC1. The van der Waals surface area contributed by atoms with Crippen LogP contribution in [0.2, 0.25) is 0 Å². The van der Waals surface area contributed by atoms with E-state index in [9.17, 15) is 9.90 Å². The zero-order chi connectivity index (χ0) is 13.7. The van der Waals surface area contributed by atoms with E-state index in [1.807, 2.05) is 18.2 Å². The molecule has 0 amide bonds. The van der Waals surface area contributed by atoms with Crippen LogP contribution in [0.15, 0.2) is 30.3 Å². The Bertz CT molecular complexity index is 401. The molecule has 0 saturated heterocycles. The number of benzene rings is 1. The summed E-state index contributed by atoms with van der Waals surface area (Å²) in [4.78, 5) is 11.9. The maximum Gasteiger partial charge on any atom is 0.337 e. The molecule has 1 fully saturated rings. The molecule has 1 aromatic carbocycles. The largest absolute Gasteiger partial charge is 0.460 e. The van der Waals surface area contributed by atoms with Crippen LogP contribution in [0.25, 0.3) is 0 Å². The number of nitrogens with two attached hydrogens (primary N) is 1. The lowest BCUT2D eigenvalue weighted by molar-refractivity contribution is -0.161. The first-order valence-electron chi connectivity index (χ1n) is 6.87. The minimum atomic E-state index is -1.30. The first-order chi connectivity index (χ1) is 9.18. The molecule has 0 radical (unpaired) electrons. The smallest absolute Gasteiger partial charge is 0.337 e. The molecule has 4 heteroatoms. The van der Waals surface area contributed by atoms with Gasteiger partial charge >= 0.3 is 5.97 Å². The summed E-state index contributed by atoms with van der Waals surface area (Å²) in [6.07, 6.45) is 3.78. The van der Waals surface area contributed by atoms with Crippen molar-refractivity contribution in [2.75, 3.05) is 0 Å². The quantitative estimate of drug-likeness (QED) is 0.814. The van der Waals surface area contributed by atoms with E-state index in [2.05, 4.69) is 0 Å². The summed E-state index contributed by atoms with van der Waals surface area (Å²) >= 11 is 0. The number of esters is 1. The van der Waals surface area contributed by atoms with Crippen molar-refractivity contribution in [3.8, 4) is 0 Å². The molecule has 3 N–H and O–H groups in total. The van der Waals surface area contributed by atoms with Gasteiger partial charge in [0.2, 0.25) is 0 Å². The molecule has 104 valence electrons. The fourth-order valence-electron chi connectivity index (χ4n) is 2.42. The zero-order valence-corrected chi connectivity index (χ0v) is 11.0. The topological polar surface area (TPSA) is 72.5 Å². The van der Waals surface area contributed by atoms with Crippen molar-refractivity contribution in [2.24, 2.45) is 5.73 Å². The third-order valence-corrected chi connectivity index (χ3v) is 3.60. The number of ether oxygens (including phenoxy) is 1. The summed E-state index contributed by atoms with van der Waals surface area (Å²) in [6, 6.07) is 8.37. The monoisotopic (exact) mass is 263 g/mol. The molecule has 0 aliphatic heterocycles. The Morgan fingerprint density at radius 2 is 1.84 bits per heavy atom. The molecule has 4 nitrogen and oxygen atoms in total. The Morgan fingerprint density at radius 1 is 1.21 bits per heavy atom. The van der Waals surface area contributed by atoms with Gasteiger partial charge in [0.05, 0.1) is 6.04 Å². The van der Waals surface area contributed by atoms with Gasteiger partial charge in [0.15, 0.2) is 6.10 Å². The molecule has 1 aliphatic carbocycles. The predicted octanol–water partition coefficient (Wildman–Crippen LogP) is 1.92. The van der Waals surface area contributed by atoms with Crippen molar-refractivity contribution in [3.05, 3.63) is 35.9 Å². The third kappa shape index (κ3) is 3.78. The third-order valence-electron chi connectivity index (χ3n) is 3.60. The molecule has 0 spiro atoms. The number of carbonyl (C=O) groups excluding carboxylic acids is 1. The summed E-state index contributed by atoms with van der Waals surface area (Å²) < 4.78 is 5.33. The lowest BCUT2D eigenvalue weighted by Gasteiger charge is -2.25. The average molecular weight is 263 g/mol. The van der Waals surface area contributed by atoms with Gasteiger partial charge in [-0.15, -0.1) is 0 Å². The van der Waals surface area contributed by atoms with Gasteiger partial charge < -0.3 is 15.6 Å². The molecule has 0 unspecified atom stereocenters. The summed E-state index contributed by atoms with van der Waals surface area (Å²) in [5, 5.41) is 9.97. The van der Waals surface area contributed by atoms with Crippen molar-refractivity contribution in [1.82, 2.24) is 0 Å². The first kappa shape index (κ1) is 14.0. The molecular formula is C15H21NO3. The van der Waals surface area contributed by atoms with Crippen molar-refractivity contribution >= 4 is 5.97 Å². The van der Waals surface area contributed by atoms with Crippen LogP contribution in [-0.4, -0.2) is 23.3 Å². The second-order valence-corrected chi connectivity index (χ2v) is 5.08. The standard InChI is InChI=1S/C15H21NO3/c16-13(11-7-3-1-4-8-11)14(17)15(18)19-12-9-5-2-6-10-12/h1,3-4,7-8,12-14,17H,2,5-6,9-10,16H2/t13-,14+/m0/s1. The van der Waals surface area contributed by atoms with Crippen molar-refractivity contribution in [3.63, 3.8) is 0 Å². The minimum absolute atomic E-state index is 0.0566. The van der Waals surface area contributed by atoms with Crippen LogP contribution >= 0.6 is 0 Å². The molecule has 2 atom stereocenters. The zero-order valence-electron chi connectivity index (χ0n) is 11.0. The van der Waals surface area contributed by atoms with Gasteiger partial charge in [-0.1, -0.05) is 36.8 Å². The van der Waals surface area contributed by atoms with E-state index in [1.54, 1.807) is 12.1 Å². The molecule has 19 heavy (non-hydrogen) atoms. The Labute approximate surface area is 113 Å². The minimum Gasteiger partial charge on any atom is -0.460 e. The van der Waals surface area contributed by atoms with Gasteiger partial charge in [0.1, 0.15) is 6.10 Å². The van der Waals surface area contributed by atoms with Crippen LogP contribution in [-0.2, 0) is 9.53 Å². The van der Waals surface area contributed by atoms with Crippen molar-refractivity contribution < 1.29 is 14.6 Å². The Hall–Kier alpha value is -1.39. The number of hydrogen-bond acceptors (Lipinski definition) is 4. The van der Waals surface area contributed by atoms with E-state index in [0.29, 0.717) is 0 Å². The van der Waals surface area contributed by atoms with E-state index >= 15 is 0 Å². The second-order valence-electron chi connectivity index (χ2n) is 5.08. The number of hydrogen-bond donors (Lipinski definition) is 2. The highest BCUT2D eigenvalue weighted by atomic mass is 16.6. The first-order valence-corrected chi connectivity index (χ1v) is 6.87.